The quantitative estimate of drug-likeness (QED) is 0.259. The van der Waals surface area contributed by atoms with Gasteiger partial charge in [0.2, 0.25) is 5.75 Å². The van der Waals surface area contributed by atoms with E-state index in [0.717, 1.165) is 10.0 Å². The van der Waals surface area contributed by atoms with Gasteiger partial charge in [-0.25, -0.2) is 4.79 Å². The van der Waals surface area contributed by atoms with Gasteiger partial charge in [0.05, 0.1) is 18.1 Å². The summed E-state index contributed by atoms with van der Waals surface area (Å²) in [6, 6.07) is 11.3. The highest BCUT2D eigenvalue weighted by molar-refractivity contribution is 9.10. The van der Waals surface area contributed by atoms with E-state index >= 15 is 0 Å². The minimum absolute atomic E-state index is 0.141. The first kappa shape index (κ1) is 16.7. The van der Waals surface area contributed by atoms with Crippen molar-refractivity contribution in [1.29, 1.82) is 0 Å². The van der Waals surface area contributed by atoms with Crippen molar-refractivity contribution in [2.24, 2.45) is 0 Å². The van der Waals surface area contributed by atoms with Crippen molar-refractivity contribution in [2.45, 2.75) is 0 Å². The Labute approximate surface area is 140 Å². The number of ether oxygens (including phenoxy) is 2. The van der Waals surface area contributed by atoms with Gasteiger partial charge in [-0.3, -0.25) is 10.1 Å². The van der Waals surface area contributed by atoms with Crippen molar-refractivity contribution in [3.05, 3.63) is 68.7 Å². The number of nitrogens with zero attached hydrogens (tertiary/aromatic N) is 1. The number of hydrogen-bond acceptors (Lipinski definition) is 5. The summed E-state index contributed by atoms with van der Waals surface area (Å²) in [7, 11) is 1.39. The van der Waals surface area contributed by atoms with Crippen LogP contribution in [-0.4, -0.2) is 18.0 Å². The summed E-state index contributed by atoms with van der Waals surface area (Å²) in [6.45, 7) is 0. The van der Waals surface area contributed by atoms with E-state index in [1.807, 2.05) is 24.3 Å². The third kappa shape index (κ3) is 4.40. The molecule has 0 aliphatic carbocycles. The molecule has 0 atom stereocenters. The van der Waals surface area contributed by atoms with E-state index in [2.05, 4.69) is 15.9 Å². The van der Waals surface area contributed by atoms with Gasteiger partial charge in [-0.05, 0) is 29.8 Å². The monoisotopic (exact) mass is 377 g/mol. The molecule has 0 bridgehead atoms. The zero-order valence-corrected chi connectivity index (χ0v) is 13.6. The van der Waals surface area contributed by atoms with Crippen molar-refractivity contribution in [2.75, 3.05) is 7.11 Å². The Morgan fingerprint density at radius 3 is 2.65 bits per heavy atom. The molecule has 0 N–H and O–H groups in total. The lowest BCUT2D eigenvalue weighted by molar-refractivity contribution is -0.385. The van der Waals surface area contributed by atoms with Crippen LogP contribution in [0.3, 0.4) is 0 Å². The number of halogens is 1. The number of carbonyl (C=O) groups excluding carboxylic acids is 1. The molecule has 0 aromatic heterocycles. The number of nitro groups is 1. The van der Waals surface area contributed by atoms with E-state index in [1.54, 1.807) is 6.08 Å². The Bertz CT molecular complexity index is 773. The highest BCUT2D eigenvalue weighted by atomic mass is 79.9. The number of hydrogen-bond donors (Lipinski definition) is 0. The van der Waals surface area contributed by atoms with Crippen LogP contribution in [0.2, 0.25) is 0 Å². The summed E-state index contributed by atoms with van der Waals surface area (Å²) >= 11 is 3.35. The molecule has 6 nitrogen and oxygen atoms in total. The average molecular weight is 378 g/mol. The van der Waals surface area contributed by atoms with Crippen molar-refractivity contribution < 1.29 is 19.2 Å². The van der Waals surface area contributed by atoms with Crippen LogP contribution in [0.4, 0.5) is 5.69 Å². The molecule has 2 rings (SSSR count). The van der Waals surface area contributed by atoms with Crippen LogP contribution >= 0.6 is 15.9 Å². The average Bonchev–Trinajstić information content (AvgIpc) is 2.54. The Morgan fingerprint density at radius 1 is 1.26 bits per heavy atom. The zero-order valence-electron chi connectivity index (χ0n) is 12.1. The summed E-state index contributed by atoms with van der Waals surface area (Å²) in [6.07, 6.45) is 2.76. The molecule has 0 saturated carbocycles. The largest absolute Gasteiger partial charge is 0.496 e. The van der Waals surface area contributed by atoms with Gasteiger partial charge in [-0.2, -0.15) is 0 Å². The number of nitro benzene ring substituents is 1. The summed E-state index contributed by atoms with van der Waals surface area (Å²) in [5, 5.41) is 11.0. The fourth-order valence-electron chi connectivity index (χ4n) is 1.76. The first-order valence-electron chi connectivity index (χ1n) is 6.48. The maximum Gasteiger partial charge on any atom is 0.336 e. The Hall–Kier alpha value is -2.67. The van der Waals surface area contributed by atoms with Crippen LogP contribution < -0.4 is 9.47 Å². The third-order valence-corrected chi connectivity index (χ3v) is 3.60. The van der Waals surface area contributed by atoms with Crippen LogP contribution in [-0.2, 0) is 4.79 Å². The van der Waals surface area contributed by atoms with Gasteiger partial charge >= 0.3 is 11.7 Å². The van der Waals surface area contributed by atoms with E-state index in [1.165, 1.54) is 31.4 Å². The Kier molecular flexibility index (Phi) is 5.48. The predicted molar refractivity (Wildman–Crippen MR) is 88.5 cm³/mol. The highest BCUT2D eigenvalue weighted by Gasteiger charge is 2.18. The topological polar surface area (TPSA) is 78.7 Å². The van der Waals surface area contributed by atoms with Crippen LogP contribution in [0.1, 0.15) is 5.56 Å². The van der Waals surface area contributed by atoms with Gasteiger partial charge in [0, 0.05) is 10.5 Å². The van der Waals surface area contributed by atoms with E-state index in [4.69, 9.17) is 9.47 Å². The van der Waals surface area contributed by atoms with Crippen LogP contribution in [0.25, 0.3) is 6.08 Å². The molecule has 118 valence electrons. The lowest BCUT2D eigenvalue weighted by Crippen LogP contribution is -2.06. The minimum Gasteiger partial charge on any atom is -0.496 e. The van der Waals surface area contributed by atoms with Crippen LogP contribution in [0.5, 0.6) is 11.5 Å². The van der Waals surface area contributed by atoms with Gasteiger partial charge < -0.3 is 9.47 Å². The second kappa shape index (κ2) is 7.55. The molecule has 7 heteroatoms. The van der Waals surface area contributed by atoms with Gasteiger partial charge in [0.1, 0.15) is 5.75 Å². The summed E-state index contributed by atoms with van der Waals surface area (Å²) in [5.41, 5.74) is 0.445. The van der Waals surface area contributed by atoms with Crippen LogP contribution in [0.15, 0.2) is 53.0 Å². The molecule has 0 radical (unpaired) electrons. The molecule has 0 saturated heterocycles. The maximum atomic E-state index is 11.8. The number of benzene rings is 2. The van der Waals surface area contributed by atoms with E-state index < -0.39 is 10.9 Å². The molecule has 0 fully saturated rings. The van der Waals surface area contributed by atoms with Gasteiger partial charge in [-0.1, -0.05) is 34.1 Å². The van der Waals surface area contributed by atoms with Crippen molar-refractivity contribution in [3.8, 4) is 11.5 Å². The summed E-state index contributed by atoms with van der Waals surface area (Å²) in [5.74, 6) is -0.549. The van der Waals surface area contributed by atoms with Gasteiger partial charge in [0.25, 0.3) is 0 Å². The SMILES string of the molecule is COc1ccc(OC(=O)C=Cc2ccccc2Br)c([N+](=O)[O-])c1. The number of rotatable bonds is 5. The fourth-order valence-corrected chi connectivity index (χ4v) is 2.18. The number of carbonyl (C=O) groups is 1. The van der Waals surface area contributed by atoms with Crippen molar-refractivity contribution in [3.63, 3.8) is 0 Å². The Balaban J connectivity index is 2.17. The maximum absolute atomic E-state index is 11.8. The molecule has 0 spiro atoms. The van der Waals surface area contributed by atoms with Crippen molar-refractivity contribution >= 4 is 33.7 Å². The molecule has 0 heterocycles. The first-order valence-corrected chi connectivity index (χ1v) is 7.27. The molecule has 23 heavy (non-hydrogen) atoms. The number of methoxy groups -OCH3 is 1. The normalized spacial score (nSPS) is 10.5. The fraction of sp³-hybridized carbons (Fsp3) is 0.0625. The molecular weight excluding hydrogens is 366 g/mol. The molecule has 0 aliphatic heterocycles. The highest BCUT2D eigenvalue weighted by Crippen LogP contribution is 2.31. The van der Waals surface area contributed by atoms with Crippen LogP contribution in [0, 0.1) is 10.1 Å². The second-order valence-electron chi connectivity index (χ2n) is 4.37. The lowest BCUT2D eigenvalue weighted by atomic mass is 10.2. The lowest BCUT2D eigenvalue weighted by Gasteiger charge is -2.05. The van der Waals surface area contributed by atoms with Crippen molar-refractivity contribution in [1.82, 2.24) is 0 Å². The predicted octanol–water partition coefficient (Wildman–Crippen LogP) is 3.98. The van der Waals surface area contributed by atoms with E-state index in [9.17, 15) is 14.9 Å². The zero-order chi connectivity index (χ0) is 16.8. The molecule has 0 unspecified atom stereocenters. The van der Waals surface area contributed by atoms with E-state index in [0.29, 0.717) is 5.75 Å². The smallest absolute Gasteiger partial charge is 0.336 e. The molecule has 2 aromatic carbocycles. The summed E-state index contributed by atoms with van der Waals surface area (Å²) < 4.78 is 10.8. The molecule has 2 aromatic rings. The molecule has 0 amide bonds. The number of esters is 1. The third-order valence-electron chi connectivity index (χ3n) is 2.88. The minimum atomic E-state index is -0.714. The second-order valence-corrected chi connectivity index (χ2v) is 5.22. The Morgan fingerprint density at radius 2 is 2.00 bits per heavy atom. The first-order chi connectivity index (χ1) is 11.0. The van der Waals surface area contributed by atoms with Gasteiger partial charge in [-0.15, -0.1) is 0 Å². The molecular formula is C16H12BrNO5. The standard InChI is InChI=1S/C16H12BrNO5/c1-22-12-7-8-15(14(10-12)18(20)21)23-16(19)9-6-11-4-2-3-5-13(11)17/h2-10H,1H3. The van der Waals surface area contributed by atoms with E-state index in [-0.39, 0.29) is 11.4 Å². The van der Waals surface area contributed by atoms with Gasteiger partial charge in [0.15, 0.2) is 0 Å². The summed E-state index contributed by atoms with van der Waals surface area (Å²) in [4.78, 5) is 22.2. The molecule has 0 aliphatic rings.